The Kier molecular flexibility index (Phi) is 16.8. The summed E-state index contributed by atoms with van der Waals surface area (Å²) in [7, 11) is -21.3. The molecule has 0 saturated carbocycles. The van der Waals surface area contributed by atoms with Crippen LogP contribution in [-0.4, -0.2) is 29.1 Å². The molecule has 276 valence electrons. The first-order chi connectivity index (χ1) is 21.1. The topological polar surface area (TPSA) is 93.0 Å². The third-order valence-corrected chi connectivity index (χ3v) is 4.30. The molecule has 0 radical (unpaired) electrons. The van der Waals surface area contributed by atoms with E-state index < -0.39 is 15.6 Å². The third kappa shape index (κ3) is 33.9. The van der Waals surface area contributed by atoms with Crippen molar-refractivity contribution in [2.24, 2.45) is 0 Å². The fraction of sp³-hybridized carbons (Fsp3) is 0.375. The zero-order valence-electron chi connectivity index (χ0n) is 25.3. The largest absolute Gasteiger partial charge is 2.00 e. The number of aromatic nitrogens is 8. The van der Waals surface area contributed by atoms with Gasteiger partial charge in [-0.2, -0.15) is 5.26 Å². The van der Waals surface area contributed by atoms with Gasteiger partial charge in [0.25, 0.3) is 0 Å². The fourth-order valence-electron chi connectivity index (χ4n) is 2.66. The number of rotatable bonds is 8. The van der Waals surface area contributed by atoms with Gasteiger partial charge in [-0.05, 0) is 25.0 Å². The minimum atomic E-state index is -10.7. The first-order valence-corrected chi connectivity index (χ1v) is 17.2. The maximum atomic E-state index is 9.87. The summed E-state index contributed by atoms with van der Waals surface area (Å²) in [5, 5.41) is 7.32. The third-order valence-electron chi connectivity index (χ3n) is 4.30. The Hall–Kier alpha value is -3.42. The second kappa shape index (κ2) is 17.3. The van der Waals surface area contributed by atoms with Gasteiger partial charge in [0.05, 0.1) is 19.2 Å². The van der Waals surface area contributed by atoms with Gasteiger partial charge in [0, 0.05) is 56.5 Å². The molecule has 0 bridgehead atoms. The Morgan fingerprint density at radius 2 is 0.896 bits per heavy atom. The number of hydrogen-bond donors (Lipinski definition) is 0. The van der Waals surface area contributed by atoms with E-state index in [1.807, 2.05) is 33.9 Å². The normalized spacial score (nSPS) is 13.5. The number of nitriles is 1. The van der Waals surface area contributed by atoms with Gasteiger partial charge in [0.1, 0.15) is 0 Å². The predicted octanol–water partition coefficient (Wildman–Crippen LogP) is 9.60. The molecule has 4 aromatic rings. The van der Waals surface area contributed by atoms with Crippen molar-refractivity contribution >= 4 is 15.6 Å². The fourth-order valence-corrected chi connectivity index (χ4v) is 2.66. The zero-order valence-corrected chi connectivity index (χ0v) is 28.1. The van der Waals surface area contributed by atoms with E-state index in [1.54, 1.807) is 52.1 Å². The summed E-state index contributed by atoms with van der Waals surface area (Å²) in [6.45, 7) is 7.78. The van der Waals surface area contributed by atoms with E-state index in [0.29, 0.717) is 11.9 Å². The molecule has 0 aliphatic carbocycles. The minimum Gasteiger partial charge on any atom is 2.00 e. The molecule has 0 aliphatic heterocycles. The average molecular weight is 794 g/mol. The van der Waals surface area contributed by atoms with E-state index in [9.17, 15) is 50.4 Å². The van der Waals surface area contributed by atoms with Gasteiger partial charge in [0.2, 0.25) is 24.6 Å². The molecule has 4 heterocycles. The maximum Gasteiger partial charge on any atom is 2.00 e. The van der Waals surface area contributed by atoms with Gasteiger partial charge in [-0.25, -0.2) is 19.9 Å². The van der Waals surface area contributed by atoms with Gasteiger partial charge in [-0.1, -0.05) is 26.7 Å². The molecule has 24 heteroatoms. The standard InChI is InChI=1S/2C11H14N4.C2H3N.2F6P.Ni/c2*1-2-3-7-14-8-9-15(10-14)11-12-5-4-6-13-11;1-2-3;2*1-7(2,3,4,5)6;/h2*4-6,8-9H,2-3,7H2,1H3;1H3;;;/q;;;2*-1;+2. The molecule has 0 spiro atoms. The molecular weight excluding hydrogens is 763 g/mol. The average Bonchev–Trinajstić information content (AvgIpc) is 3.59. The molecular formula is C24H31F12N9NiP2. The van der Waals surface area contributed by atoms with Crippen LogP contribution in [0.1, 0.15) is 46.5 Å². The zero-order chi connectivity index (χ0) is 36.5. The Balaban J connectivity index is 0. The summed E-state index contributed by atoms with van der Waals surface area (Å²) in [5.74, 6) is 1.32. The van der Waals surface area contributed by atoms with E-state index in [1.165, 1.54) is 32.6 Å². The van der Waals surface area contributed by atoms with Crippen LogP contribution in [0.3, 0.4) is 0 Å². The molecule has 0 atom stereocenters. The van der Waals surface area contributed by atoms with Crippen LogP contribution in [0, 0.1) is 24.0 Å². The summed E-state index contributed by atoms with van der Waals surface area (Å²) >= 11 is 0. The van der Waals surface area contributed by atoms with Crippen LogP contribution < -0.4 is 9.13 Å². The molecule has 0 fully saturated rings. The van der Waals surface area contributed by atoms with E-state index in [-0.39, 0.29) is 16.5 Å². The van der Waals surface area contributed by atoms with Crippen molar-refractivity contribution in [3.8, 4) is 18.0 Å². The van der Waals surface area contributed by atoms with Crippen molar-refractivity contribution in [3.05, 3.63) is 74.4 Å². The van der Waals surface area contributed by atoms with Crippen LogP contribution in [0.2, 0.25) is 0 Å². The van der Waals surface area contributed by atoms with Crippen molar-refractivity contribution in [1.82, 2.24) is 29.1 Å². The Bertz CT molecular complexity index is 1380. The Labute approximate surface area is 277 Å². The summed E-state index contributed by atoms with van der Waals surface area (Å²) in [4.78, 5) is 16.6. The summed E-state index contributed by atoms with van der Waals surface area (Å²) in [5.41, 5.74) is 0. The SMILES string of the molecule is CC#N.CCCC[n+]1[c-]n(-c2ncccn2)cc1.CCCC[n+]1[c-]n(-c2ncccn2)cc1.F[P-](F)(F)(F)(F)F.F[P-](F)(F)(F)(F)F.[Ni+2]. The van der Waals surface area contributed by atoms with E-state index in [2.05, 4.69) is 46.4 Å². The number of aryl methyl sites for hydroxylation is 2. The van der Waals surface area contributed by atoms with Gasteiger partial charge >= 0.3 is 82.5 Å². The molecule has 0 aromatic carbocycles. The molecule has 48 heavy (non-hydrogen) atoms. The molecule has 0 saturated heterocycles. The molecule has 4 aromatic heterocycles. The van der Waals surface area contributed by atoms with Crippen LogP contribution in [0.4, 0.5) is 50.4 Å². The first-order valence-electron chi connectivity index (χ1n) is 13.1. The van der Waals surface area contributed by atoms with E-state index in [4.69, 9.17) is 5.26 Å². The molecule has 4 rings (SSSR count). The van der Waals surface area contributed by atoms with Crippen molar-refractivity contribution < 1.29 is 76.0 Å². The van der Waals surface area contributed by atoms with Crippen LogP contribution in [0.25, 0.3) is 11.9 Å². The Morgan fingerprint density at radius 3 is 1.12 bits per heavy atom. The number of hydrogen-bond acceptors (Lipinski definition) is 5. The maximum absolute atomic E-state index is 10.7. The summed E-state index contributed by atoms with van der Waals surface area (Å²) in [6, 6.07) is 5.36. The van der Waals surface area contributed by atoms with Crippen LogP contribution in [0.15, 0.2) is 61.7 Å². The summed E-state index contributed by atoms with van der Waals surface area (Å²) < 4.78 is 126. The number of halogens is 12. The Morgan fingerprint density at radius 1 is 0.646 bits per heavy atom. The quantitative estimate of drug-likeness (QED) is 0.0583. The molecule has 0 unspecified atom stereocenters. The molecule has 0 aliphatic rings. The van der Waals surface area contributed by atoms with Gasteiger partial charge in [-0.3, -0.25) is 9.13 Å². The number of imidazole rings is 2. The van der Waals surface area contributed by atoms with Crippen LogP contribution in [0.5, 0.6) is 0 Å². The van der Waals surface area contributed by atoms with Gasteiger partial charge in [-0.15, -0.1) is 0 Å². The second-order valence-electron chi connectivity index (χ2n) is 8.87. The second-order valence-corrected chi connectivity index (χ2v) is 12.7. The van der Waals surface area contributed by atoms with Crippen molar-refractivity contribution in [1.29, 1.82) is 5.26 Å². The van der Waals surface area contributed by atoms with Gasteiger partial charge in [0.15, 0.2) is 0 Å². The predicted molar refractivity (Wildman–Crippen MR) is 149 cm³/mol. The minimum absolute atomic E-state index is 0. The van der Waals surface area contributed by atoms with Crippen molar-refractivity contribution in [2.45, 2.75) is 59.5 Å². The first kappa shape index (κ1) is 46.7. The van der Waals surface area contributed by atoms with Crippen LogP contribution >= 0.6 is 15.6 Å². The molecule has 0 N–H and O–H groups in total. The van der Waals surface area contributed by atoms with Crippen molar-refractivity contribution in [2.75, 3.05) is 0 Å². The van der Waals surface area contributed by atoms with Crippen LogP contribution in [-0.2, 0) is 29.6 Å². The van der Waals surface area contributed by atoms with Crippen molar-refractivity contribution in [3.63, 3.8) is 0 Å². The van der Waals surface area contributed by atoms with Gasteiger partial charge < -0.3 is 9.13 Å². The number of unbranched alkanes of at least 4 members (excludes halogenated alkanes) is 2. The molecule has 9 nitrogen and oxygen atoms in total. The van der Waals surface area contributed by atoms with E-state index >= 15 is 0 Å². The number of nitrogens with zero attached hydrogens (tertiary/aromatic N) is 9. The van der Waals surface area contributed by atoms with E-state index in [0.717, 1.165) is 13.1 Å². The molecule has 0 amide bonds. The summed E-state index contributed by atoms with van der Waals surface area (Å²) in [6.07, 6.45) is 25.8. The smallest absolute Gasteiger partial charge is 2.00 e. The monoisotopic (exact) mass is 793 g/mol.